The molecule has 5 nitrogen and oxygen atoms in total. The normalized spacial score (nSPS) is 16.5. The average molecular weight is 480 g/mol. The van der Waals surface area contributed by atoms with E-state index in [1.54, 1.807) is 17.0 Å². The molecule has 3 rings (SSSR count). The van der Waals surface area contributed by atoms with Gasteiger partial charge in [-0.05, 0) is 49.1 Å². The highest BCUT2D eigenvalue weighted by molar-refractivity contribution is 7.13. The lowest BCUT2D eigenvalue weighted by molar-refractivity contribution is -0.137. The number of aryl methyl sites for hydroxylation is 1. The molecule has 0 aliphatic carbocycles. The van der Waals surface area contributed by atoms with Crippen LogP contribution in [-0.2, 0) is 33.3 Å². The van der Waals surface area contributed by atoms with E-state index in [0.717, 1.165) is 17.0 Å². The van der Waals surface area contributed by atoms with E-state index in [1.807, 2.05) is 6.07 Å². The molecule has 1 saturated heterocycles. The van der Waals surface area contributed by atoms with Crippen LogP contribution in [0, 0.1) is 0 Å². The van der Waals surface area contributed by atoms with Gasteiger partial charge in [-0.25, -0.2) is 4.79 Å². The summed E-state index contributed by atoms with van der Waals surface area (Å²) in [4.78, 5) is 39.4. The Labute approximate surface area is 193 Å². The van der Waals surface area contributed by atoms with Crippen LogP contribution in [0.5, 0.6) is 0 Å². The zero-order valence-corrected chi connectivity index (χ0v) is 18.9. The van der Waals surface area contributed by atoms with Crippen LogP contribution in [0.3, 0.4) is 0 Å². The molecule has 9 heteroatoms. The summed E-state index contributed by atoms with van der Waals surface area (Å²) in [7, 11) is 1.33. The number of hydrogen-bond donors (Lipinski definition) is 0. The maximum absolute atomic E-state index is 12.8. The Bertz CT molecular complexity index is 1040. The zero-order chi connectivity index (χ0) is 24.0. The third kappa shape index (κ3) is 6.77. The molecule has 1 aromatic carbocycles. The third-order valence-corrected chi connectivity index (χ3v) is 6.51. The molecule has 1 aliphatic heterocycles. The van der Waals surface area contributed by atoms with Crippen molar-refractivity contribution in [2.24, 2.45) is 0 Å². The van der Waals surface area contributed by atoms with Gasteiger partial charge < -0.3 is 9.64 Å². The van der Waals surface area contributed by atoms with Crippen LogP contribution < -0.4 is 0 Å². The number of ether oxygens (including phenoxy) is 1. The average Bonchev–Trinajstić information content (AvgIpc) is 3.38. The highest BCUT2D eigenvalue weighted by Gasteiger charge is 2.31. The molecule has 0 bridgehead atoms. The lowest BCUT2D eigenvalue weighted by atomic mass is 10.0. The number of allylic oxidation sites excluding steroid dienone is 1. The van der Waals surface area contributed by atoms with Crippen molar-refractivity contribution >= 4 is 29.0 Å². The second-order valence-corrected chi connectivity index (χ2v) is 8.92. The Kier molecular flexibility index (Phi) is 8.07. The number of thiophene rings is 1. The van der Waals surface area contributed by atoms with Crippen LogP contribution >= 0.6 is 11.3 Å². The third-order valence-electron chi connectivity index (χ3n) is 5.38. The van der Waals surface area contributed by atoms with Crippen LogP contribution in [0.1, 0.15) is 44.9 Å². The topological polar surface area (TPSA) is 63.7 Å². The number of nitrogens with zero attached hydrogens (tertiary/aromatic N) is 1. The largest absolute Gasteiger partial charge is 0.465 e. The molecule has 0 saturated carbocycles. The fourth-order valence-corrected chi connectivity index (χ4v) is 4.70. The van der Waals surface area contributed by atoms with Gasteiger partial charge >= 0.3 is 12.1 Å². The molecule has 1 unspecified atom stereocenters. The van der Waals surface area contributed by atoms with Crippen LogP contribution in [0.4, 0.5) is 13.2 Å². The van der Waals surface area contributed by atoms with E-state index in [-0.39, 0.29) is 30.1 Å². The minimum Gasteiger partial charge on any atom is -0.465 e. The molecule has 1 amide bonds. The van der Waals surface area contributed by atoms with E-state index in [9.17, 15) is 27.6 Å². The summed E-state index contributed by atoms with van der Waals surface area (Å²) in [5.74, 6) is -0.681. The number of rotatable bonds is 9. The van der Waals surface area contributed by atoms with Crippen molar-refractivity contribution in [2.75, 3.05) is 13.7 Å². The number of carbonyl (C=O) groups excluding carboxylic acids is 3. The van der Waals surface area contributed by atoms with Crippen LogP contribution in [0.25, 0.3) is 0 Å². The summed E-state index contributed by atoms with van der Waals surface area (Å²) in [5.41, 5.74) is -0.491. The van der Waals surface area contributed by atoms with Gasteiger partial charge in [0, 0.05) is 24.3 Å². The van der Waals surface area contributed by atoms with E-state index < -0.39 is 11.7 Å². The van der Waals surface area contributed by atoms with Crippen molar-refractivity contribution in [1.82, 2.24) is 4.90 Å². The van der Waals surface area contributed by atoms with Gasteiger partial charge in [-0.3, -0.25) is 9.59 Å². The standard InChI is InChI=1S/C24H24F3NO4S/c1-32-23(31)21-11-10-20(33-21)6-3-13-28-18(8-12-22(28)30)7-9-19(29)15-16-4-2-5-17(14-16)24(25,26)27/h2,4-5,7,9-11,14,18H,3,6,8,12-13,15H2,1H3/b9-7+. The lowest BCUT2D eigenvalue weighted by Crippen LogP contribution is -2.33. The van der Waals surface area contributed by atoms with Crippen molar-refractivity contribution in [3.05, 3.63) is 69.4 Å². The molecule has 2 heterocycles. The first-order valence-electron chi connectivity index (χ1n) is 10.5. The molecule has 2 aromatic rings. The first-order valence-corrected chi connectivity index (χ1v) is 11.3. The highest BCUT2D eigenvalue weighted by Crippen LogP contribution is 2.29. The molecule has 176 valence electrons. The van der Waals surface area contributed by atoms with E-state index in [2.05, 4.69) is 0 Å². The lowest BCUT2D eigenvalue weighted by Gasteiger charge is -2.22. The number of hydrogen-bond acceptors (Lipinski definition) is 5. The van der Waals surface area contributed by atoms with Gasteiger partial charge in [-0.2, -0.15) is 13.2 Å². The monoisotopic (exact) mass is 479 g/mol. The van der Waals surface area contributed by atoms with Crippen LogP contribution in [0.2, 0.25) is 0 Å². The smallest absolute Gasteiger partial charge is 0.416 e. The zero-order valence-electron chi connectivity index (χ0n) is 18.1. The number of alkyl halides is 3. The molecule has 1 fully saturated rings. The van der Waals surface area contributed by atoms with E-state index in [4.69, 9.17) is 4.74 Å². The van der Waals surface area contributed by atoms with Crippen LogP contribution in [-0.4, -0.2) is 42.3 Å². The Morgan fingerprint density at radius 1 is 1.24 bits per heavy atom. The quantitative estimate of drug-likeness (QED) is 0.381. The van der Waals surface area contributed by atoms with E-state index >= 15 is 0 Å². The number of benzene rings is 1. The molecular formula is C24H24F3NO4S. The van der Waals surface area contributed by atoms with Gasteiger partial charge in [0.2, 0.25) is 5.91 Å². The molecule has 1 aliphatic rings. The van der Waals surface area contributed by atoms with Crippen molar-refractivity contribution in [2.45, 2.75) is 44.3 Å². The number of methoxy groups -OCH3 is 1. The Morgan fingerprint density at radius 2 is 2.03 bits per heavy atom. The second-order valence-electron chi connectivity index (χ2n) is 7.75. The fourth-order valence-electron chi connectivity index (χ4n) is 3.73. The molecule has 0 spiro atoms. The number of amides is 1. The van der Waals surface area contributed by atoms with Gasteiger partial charge in [0.25, 0.3) is 0 Å². The molecular weight excluding hydrogens is 455 g/mol. The van der Waals surface area contributed by atoms with Crippen molar-refractivity contribution in [3.8, 4) is 0 Å². The maximum atomic E-state index is 12.8. The Morgan fingerprint density at radius 3 is 2.76 bits per heavy atom. The predicted octanol–water partition coefficient (Wildman–Crippen LogP) is 4.85. The van der Waals surface area contributed by atoms with Crippen LogP contribution in [0.15, 0.2) is 48.6 Å². The number of carbonyl (C=O) groups is 3. The first-order chi connectivity index (χ1) is 15.7. The number of likely N-dealkylation sites (tertiary alicyclic amines) is 1. The minimum absolute atomic E-state index is 0.0106. The number of esters is 1. The van der Waals surface area contributed by atoms with Gasteiger partial charge in [0.15, 0.2) is 5.78 Å². The summed E-state index contributed by atoms with van der Waals surface area (Å²) in [6, 6.07) is 8.10. The SMILES string of the molecule is COC(=O)c1ccc(CCCN2C(=O)CCC2/C=C/C(=O)Cc2cccc(C(F)(F)F)c2)s1. The molecule has 1 atom stereocenters. The van der Waals surface area contributed by atoms with Gasteiger partial charge in [0.1, 0.15) is 4.88 Å². The first kappa shape index (κ1) is 24.7. The Balaban J connectivity index is 1.53. The van der Waals surface area contributed by atoms with Gasteiger partial charge in [-0.15, -0.1) is 11.3 Å². The summed E-state index contributed by atoms with van der Waals surface area (Å²) in [6.45, 7) is 0.515. The second kappa shape index (κ2) is 10.8. The molecule has 33 heavy (non-hydrogen) atoms. The summed E-state index contributed by atoms with van der Waals surface area (Å²) in [6.07, 6.45) is 0.830. The van der Waals surface area contributed by atoms with Crippen molar-refractivity contribution in [1.29, 1.82) is 0 Å². The number of halogens is 3. The molecule has 1 aromatic heterocycles. The van der Waals surface area contributed by atoms with Gasteiger partial charge in [0.05, 0.1) is 18.7 Å². The molecule has 0 radical (unpaired) electrons. The summed E-state index contributed by atoms with van der Waals surface area (Å²) in [5, 5.41) is 0. The maximum Gasteiger partial charge on any atom is 0.416 e. The van der Waals surface area contributed by atoms with E-state index in [1.165, 1.54) is 36.7 Å². The molecule has 0 N–H and O–H groups in total. The summed E-state index contributed by atoms with van der Waals surface area (Å²) >= 11 is 1.36. The van der Waals surface area contributed by atoms with Crippen molar-refractivity contribution in [3.63, 3.8) is 0 Å². The minimum atomic E-state index is -4.45. The highest BCUT2D eigenvalue weighted by atomic mass is 32.1. The number of ketones is 1. The Hall–Kier alpha value is -2.94. The predicted molar refractivity (Wildman–Crippen MR) is 118 cm³/mol. The van der Waals surface area contributed by atoms with E-state index in [0.29, 0.717) is 42.7 Å². The van der Waals surface area contributed by atoms with Crippen molar-refractivity contribution < 1.29 is 32.3 Å². The fraction of sp³-hybridized carbons (Fsp3) is 0.375. The summed E-state index contributed by atoms with van der Waals surface area (Å²) < 4.78 is 43.2. The van der Waals surface area contributed by atoms with Gasteiger partial charge in [-0.1, -0.05) is 24.3 Å².